The van der Waals surface area contributed by atoms with E-state index in [1.165, 1.54) is 52.1 Å². The number of rotatable bonds is 12. The van der Waals surface area contributed by atoms with Crippen molar-refractivity contribution in [3.05, 3.63) is 16.0 Å². The maximum Gasteiger partial charge on any atom is 0.341 e. The first-order valence-electron chi connectivity index (χ1n) is 9.80. The number of ether oxygens (including phenoxy) is 1. The van der Waals surface area contributed by atoms with Crippen molar-refractivity contribution in [1.29, 1.82) is 0 Å². The molecule has 0 saturated heterocycles. The highest BCUT2D eigenvalue weighted by Gasteiger charge is 2.22. The molecule has 0 aliphatic carbocycles. The molecule has 4 nitrogen and oxygen atoms in total. The predicted molar refractivity (Wildman–Crippen MR) is 117 cm³/mol. The minimum atomic E-state index is -0.306. The molecule has 0 aliphatic heterocycles. The lowest BCUT2D eigenvalue weighted by Crippen LogP contribution is -2.29. The van der Waals surface area contributed by atoms with Crippen molar-refractivity contribution in [3.63, 3.8) is 0 Å². The van der Waals surface area contributed by atoms with Gasteiger partial charge in [-0.05, 0) is 37.5 Å². The second-order valence-corrected chi connectivity index (χ2v) is 8.17. The van der Waals surface area contributed by atoms with E-state index in [9.17, 15) is 4.79 Å². The summed E-state index contributed by atoms with van der Waals surface area (Å²) in [6, 6.07) is 0. The zero-order valence-corrected chi connectivity index (χ0v) is 18.3. The molecule has 2 N–H and O–H groups in total. The molecular formula is C20H34N2O2S2. The topological polar surface area (TPSA) is 50.4 Å². The standard InChI is InChI=1S/C20H34N2O2S2/c1-5-7-8-9-10-11-12-13-14-21-20(25)22-18-17(19(23)24-4)16(6-2)15(3)26-18/h5-14H2,1-4H3,(H2,21,22,25). The van der Waals surface area contributed by atoms with Crippen LogP contribution >= 0.6 is 23.6 Å². The predicted octanol–water partition coefficient (Wildman–Crippen LogP) is 5.83. The van der Waals surface area contributed by atoms with Crippen molar-refractivity contribution in [1.82, 2.24) is 5.32 Å². The van der Waals surface area contributed by atoms with Gasteiger partial charge < -0.3 is 15.4 Å². The van der Waals surface area contributed by atoms with E-state index in [1.807, 2.05) is 13.8 Å². The van der Waals surface area contributed by atoms with E-state index in [2.05, 4.69) is 17.6 Å². The number of anilines is 1. The normalized spacial score (nSPS) is 10.6. The second kappa shape index (κ2) is 13.1. The molecule has 0 bridgehead atoms. The third-order valence-electron chi connectivity index (χ3n) is 4.49. The molecule has 26 heavy (non-hydrogen) atoms. The molecule has 0 unspecified atom stereocenters. The van der Waals surface area contributed by atoms with Crippen molar-refractivity contribution in [2.75, 3.05) is 19.0 Å². The minimum absolute atomic E-state index is 0.306. The monoisotopic (exact) mass is 398 g/mol. The summed E-state index contributed by atoms with van der Waals surface area (Å²) in [5, 5.41) is 7.78. The highest BCUT2D eigenvalue weighted by molar-refractivity contribution is 7.80. The van der Waals surface area contributed by atoms with E-state index < -0.39 is 0 Å². The summed E-state index contributed by atoms with van der Waals surface area (Å²) >= 11 is 6.94. The zero-order chi connectivity index (χ0) is 19.4. The third kappa shape index (κ3) is 7.62. The molecule has 0 saturated carbocycles. The van der Waals surface area contributed by atoms with Gasteiger partial charge in [0, 0.05) is 11.4 Å². The van der Waals surface area contributed by atoms with E-state index in [-0.39, 0.29) is 5.97 Å². The van der Waals surface area contributed by atoms with Gasteiger partial charge in [0.25, 0.3) is 0 Å². The summed E-state index contributed by atoms with van der Waals surface area (Å²) in [5.41, 5.74) is 1.66. The summed E-state index contributed by atoms with van der Waals surface area (Å²) in [5.74, 6) is -0.306. The Hall–Kier alpha value is -1.14. The summed E-state index contributed by atoms with van der Waals surface area (Å²) < 4.78 is 4.94. The van der Waals surface area contributed by atoms with E-state index in [0.717, 1.165) is 34.8 Å². The molecule has 0 aromatic carbocycles. The van der Waals surface area contributed by atoms with Crippen molar-refractivity contribution in [3.8, 4) is 0 Å². The van der Waals surface area contributed by atoms with Crippen LogP contribution < -0.4 is 10.6 Å². The van der Waals surface area contributed by atoms with Crippen LogP contribution in [-0.4, -0.2) is 24.7 Å². The number of hydrogen-bond donors (Lipinski definition) is 2. The SMILES string of the molecule is CCCCCCCCCCNC(=S)Nc1sc(C)c(CC)c1C(=O)OC. The van der Waals surface area contributed by atoms with Crippen LogP contribution in [0.15, 0.2) is 0 Å². The van der Waals surface area contributed by atoms with E-state index >= 15 is 0 Å². The van der Waals surface area contributed by atoms with Crippen molar-refractivity contribution >= 4 is 39.6 Å². The molecule has 6 heteroatoms. The highest BCUT2D eigenvalue weighted by Crippen LogP contribution is 2.33. The van der Waals surface area contributed by atoms with Crippen LogP contribution in [0.1, 0.15) is 86.0 Å². The molecule has 0 fully saturated rings. The number of aryl methyl sites for hydroxylation is 1. The number of methoxy groups -OCH3 is 1. The quantitative estimate of drug-likeness (QED) is 0.263. The van der Waals surface area contributed by atoms with Gasteiger partial charge in [-0.15, -0.1) is 11.3 Å². The Bertz CT molecular complexity index is 570. The van der Waals surface area contributed by atoms with E-state index in [0.29, 0.717) is 10.7 Å². The molecule has 1 heterocycles. The maximum atomic E-state index is 12.1. The molecule has 148 valence electrons. The van der Waals surface area contributed by atoms with Crippen LogP contribution in [0, 0.1) is 6.92 Å². The summed E-state index contributed by atoms with van der Waals surface area (Å²) in [7, 11) is 1.41. The molecule has 1 aromatic rings. The average Bonchev–Trinajstić information content (AvgIpc) is 2.94. The molecule has 1 aromatic heterocycles. The smallest absolute Gasteiger partial charge is 0.341 e. The van der Waals surface area contributed by atoms with E-state index in [1.54, 1.807) is 11.3 Å². The minimum Gasteiger partial charge on any atom is -0.465 e. The molecule has 0 amide bonds. The van der Waals surface area contributed by atoms with Crippen LogP contribution in [0.5, 0.6) is 0 Å². The van der Waals surface area contributed by atoms with Crippen LogP contribution in [-0.2, 0) is 11.2 Å². The van der Waals surface area contributed by atoms with Crippen molar-refractivity contribution in [2.24, 2.45) is 0 Å². The first-order valence-corrected chi connectivity index (χ1v) is 11.0. The maximum absolute atomic E-state index is 12.1. The Morgan fingerprint density at radius 1 is 1.08 bits per heavy atom. The van der Waals surface area contributed by atoms with Gasteiger partial charge in [0.1, 0.15) is 5.00 Å². The number of carbonyl (C=O) groups excluding carboxylic acids is 1. The van der Waals surface area contributed by atoms with Gasteiger partial charge in [-0.1, -0.05) is 58.8 Å². The summed E-state index contributed by atoms with van der Waals surface area (Å²) in [6.07, 6.45) is 11.2. The first-order chi connectivity index (χ1) is 12.5. The molecule has 0 aliphatic rings. The number of hydrogen-bond acceptors (Lipinski definition) is 4. The number of unbranched alkanes of at least 4 members (excludes halogenated alkanes) is 7. The summed E-state index contributed by atoms with van der Waals surface area (Å²) in [4.78, 5) is 13.2. The Morgan fingerprint density at radius 2 is 1.69 bits per heavy atom. The van der Waals surface area contributed by atoms with E-state index in [4.69, 9.17) is 17.0 Å². The fraction of sp³-hybridized carbons (Fsp3) is 0.700. The van der Waals surface area contributed by atoms with Gasteiger partial charge in [-0.3, -0.25) is 0 Å². The highest BCUT2D eigenvalue weighted by atomic mass is 32.1. The van der Waals surface area contributed by atoms with Crippen LogP contribution in [0.2, 0.25) is 0 Å². The van der Waals surface area contributed by atoms with Crippen LogP contribution in [0.4, 0.5) is 5.00 Å². The molecule has 0 atom stereocenters. The lowest BCUT2D eigenvalue weighted by atomic mass is 10.1. The van der Waals surface area contributed by atoms with Crippen molar-refractivity contribution < 1.29 is 9.53 Å². The lowest BCUT2D eigenvalue weighted by molar-refractivity contribution is 0.0601. The molecule has 1 rings (SSSR count). The Balaban J connectivity index is 2.36. The van der Waals surface area contributed by atoms with Gasteiger partial charge in [-0.25, -0.2) is 4.79 Å². The molecule has 0 spiro atoms. The summed E-state index contributed by atoms with van der Waals surface area (Å²) in [6.45, 7) is 7.18. The van der Waals surface area contributed by atoms with Gasteiger partial charge in [0.05, 0.1) is 12.7 Å². The Labute approximate surface area is 168 Å². The van der Waals surface area contributed by atoms with Crippen LogP contribution in [0.3, 0.4) is 0 Å². The largest absolute Gasteiger partial charge is 0.465 e. The van der Waals surface area contributed by atoms with Crippen molar-refractivity contribution in [2.45, 2.75) is 78.6 Å². The Kier molecular flexibility index (Phi) is 11.5. The number of thiophene rings is 1. The fourth-order valence-electron chi connectivity index (χ4n) is 3.02. The first kappa shape index (κ1) is 22.9. The van der Waals surface area contributed by atoms with Crippen LogP contribution in [0.25, 0.3) is 0 Å². The number of carbonyl (C=O) groups is 1. The van der Waals surface area contributed by atoms with Gasteiger partial charge >= 0.3 is 5.97 Å². The number of esters is 1. The number of thiocarbonyl (C=S) groups is 1. The number of nitrogens with one attached hydrogen (secondary N) is 2. The van der Waals surface area contributed by atoms with Gasteiger partial charge in [0.15, 0.2) is 5.11 Å². The second-order valence-electron chi connectivity index (χ2n) is 6.54. The Morgan fingerprint density at radius 3 is 2.27 bits per heavy atom. The van der Waals surface area contributed by atoms with Gasteiger partial charge in [-0.2, -0.15) is 0 Å². The molecule has 0 radical (unpaired) electrons. The van der Waals surface area contributed by atoms with Gasteiger partial charge in [0.2, 0.25) is 0 Å². The molecular weight excluding hydrogens is 364 g/mol. The fourth-order valence-corrected chi connectivity index (χ4v) is 4.42. The lowest BCUT2D eigenvalue weighted by Gasteiger charge is -2.11. The zero-order valence-electron chi connectivity index (χ0n) is 16.7. The average molecular weight is 399 g/mol. The third-order valence-corrected chi connectivity index (χ3v) is 5.80.